The molecule has 0 saturated carbocycles. The quantitative estimate of drug-likeness (QED) is 0.746. The third kappa shape index (κ3) is 4.06. The lowest BCUT2D eigenvalue weighted by Gasteiger charge is -2.25. The fourth-order valence-corrected chi connectivity index (χ4v) is 2.04. The number of hydrogen-bond acceptors (Lipinski definition) is 5. The highest BCUT2D eigenvalue weighted by molar-refractivity contribution is 7.09. The molecule has 16 heavy (non-hydrogen) atoms. The minimum atomic E-state index is 0.526. The first-order valence-corrected chi connectivity index (χ1v) is 6.73. The van der Waals surface area contributed by atoms with E-state index in [0.29, 0.717) is 6.04 Å². The Bertz CT molecular complexity index is 298. The predicted octanol–water partition coefficient (Wildman–Crippen LogP) is 2.52. The highest BCUT2D eigenvalue weighted by Gasteiger charge is 2.13. The van der Waals surface area contributed by atoms with E-state index < -0.39 is 0 Å². The van der Waals surface area contributed by atoms with Gasteiger partial charge >= 0.3 is 0 Å². The Kier molecular flexibility index (Phi) is 5.69. The third-order valence-electron chi connectivity index (χ3n) is 2.72. The van der Waals surface area contributed by atoms with Gasteiger partial charge in [0.25, 0.3) is 0 Å². The van der Waals surface area contributed by atoms with Gasteiger partial charge in [0.15, 0.2) is 0 Å². The van der Waals surface area contributed by atoms with Crippen molar-refractivity contribution in [1.82, 2.24) is 14.5 Å². The summed E-state index contributed by atoms with van der Waals surface area (Å²) in [6.45, 7) is 8.58. The topological polar surface area (TPSA) is 55.0 Å². The summed E-state index contributed by atoms with van der Waals surface area (Å²) < 4.78 is 3.87. The van der Waals surface area contributed by atoms with Gasteiger partial charge in [0, 0.05) is 24.1 Å². The van der Waals surface area contributed by atoms with Crippen LogP contribution in [0.4, 0.5) is 5.00 Å². The number of hydrogen-bond donors (Lipinski definition) is 1. The molecular weight excluding hydrogens is 220 g/mol. The minimum absolute atomic E-state index is 0.526. The first-order chi connectivity index (χ1) is 7.65. The summed E-state index contributed by atoms with van der Waals surface area (Å²) in [6.07, 6.45) is 3.78. The number of nitrogens with two attached hydrogens (primary N) is 1. The van der Waals surface area contributed by atoms with Crippen LogP contribution in [-0.4, -0.2) is 27.1 Å². The zero-order chi connectivity index (χ0) is 12.0. The van der Waals surface area contributed by atoms with Crippen LogP contribution >= 0.6 is 11.5 Å². The lowest BCUT2D eigenvalue weighted by Crippen LogP contribution is -2.31. The van der Waals surface area contributed by atoms with Gasteiger partial charge < -0.3 is 5.73 Å². The molecule has 1 aromatic rings. The van der Waals surface area contributed by atoms with Crippen LogP contribution in [-0.2, 0) is 6.54 Å². The molecule has 0 bridgehead atoms. The summed E-state index contributed by atoms with van der Waals surface area (Å²) in [6, 6.07) is 0.526. The summed E-state index contributed by atoms with van der Waals surface area (Å²) in [5.74, 6) is 0. The van der Waals surface area contributed by atoms with Crippen molar-refractivity contribution in [1.29, 1.82) is 0 Å². The van der Waals surface area contributed by atoms with E-state index in [1.807, 2.05) is 0 Å². The third-order valence-corrected chi connectivity index (χ3v) is 3.31. The number of nitrogens with zero attached hydrogens (tertiary/aromatic N) is 3. The van der Waals surface area contributed by atoms with Crippen LogP contribution in [0, 0.1) is 0 Å². The van der Waals surface area contributed by atoms with Crippen molar-refractivity contribution in [3.8, 4) is 0 Å². The van der Waals surface area contributed by atoms with E-state index in [-0.39, 0.29) is 0 Å². The Morgan fingerprint density at radius 1 is 1.38 bits per heavy atom. The summed E-state index contributed by atoms with van der Waals surface area (Å²) in [5.41, 5.74) is 6.74. The SMILES string of the molecule is CCCCCN(Cc1nnsc1N)C(C)C. The molecule has 0 aliphatic rings. The largest absolute Gasteiger partial charge is 0.388 e. The Balaban J connectivity index is 2.48. The van der Waals surface area contributed by atoms with Crippen molar-refractivity contribution >= 4 is 16.5 Å². The maximum atomic E-state index is 5.81. The molecule has 2 N–H and O–H groups in total. The van der Waals surface area contributed by atoms with Crippen LogP contribution in [0.25, 0.3) is 0 Å². The molecule has 4 nitrogen and oxygen atoms in total. The molecule has 0 saturated heterocycles. The number of unbranched alkanes of at least 4 members (excludes halogenated alkanes) is 2. The minimum Gasteiger partial charge on any atom is -0.388 e. The fourth-order valence-electron chi connectivity index (χ4n) is 1.60. The Labute approximate surface area is 102 Å². The van der Waals surface area contributed by atoms with Crippen molar-refractivity contribution in [2.75, 3.05) is 12.3 Å². The average molecular weight is 242 g/mol. The fraction of sp³-hybridized carbons (Fsp3) is 0.818. The average Bonchev–Trinajstić information content (AvgIpc) is 2.63. The number of rotatable bonds is 7. The van der Waals surface area contributed by atoms with Crippen molar-refractivity contribution < 1.29 is 0 Å². The second kappa shape index (κ2) is 6.81. The molecule has 0 fully saturated rings. The van der Waals surface area contributed by atoms with Crippen molar-refractivity contribution in [3.63, 3.8) is 0 Å². The van der Waals surface area contributed by atoms with Crippen LogP contribution in [0.3, 0.4) is 0 Å². The molecule has 0 amide bonds. The van der Waals surface area contributed by atoms with E-state index in [4.69, 9.17) is 5.73 Å². The normalized spacial score (nSPS) is 11.6. The second-order valence-corrected chi connectivity index (χ2v) is 5.14. The zero-order valence-electron chi connectivity index (χ0n) is 10.4. The standard InChI is InChI=1S/C11H22N4S/c1-4-5-6-7-15(9(2)3)8-10-11(12)16-14-13-10/h9H,4-8,12H2,1-3H3. The van der Waals surface area contributed by atoms with Gasteiger partial charge in [-0.25, -0.2) is 0 Å². The van der Waals surface area contributed by atoms with Crippen molar-refractivity contribution in [2.24, 2.45) is 0 Å². The lowest BCUT2D eigenvalue weighted by atomic mass is 10.2. The first-order valence-electron chi connectivity index (χ1n) is 5.95. The highest BCUT2D eigenvalue weighted by atomic mass is 32.1. The Morgan fingerprint density at radius 3 is 2.62 bits per heavy atom. The molecule has 0 atom stereocenters. The number of aromatic nitrogens is 2. The monoisotopic (exact) mass is 242 g/mol. The van der Waals surface area contributed by atoms with E-state index in [0.717, 1.165) is 23.8 Å². The Hall–Kier alpha value is -0.680. The van der Waals surface area contributed by atoms with E-state index >= 15 is 0 Å². The molecule has 0 spiro atoms. The molecule has 92 valence electrons. The van der Waals surface area contributed by atoms with Crippen molar-refractivity contribution in [2.45, 2.75) is 52.6 Å². The zero-order valence-corrected chi connectivity index (χ0v) is 11.3. The summed E-state index contributed by atoms with van der Waals surface area (Å²) in [7, 11) is 0. The van der Waals surface area contributed by atoms with Gasteiger partial charge in [-0.3, -0.25) is 4.90 Å². The van der Waals surface area contributed by atoms with Gasteiger partial charge in [0.1, 0.15) is 10.7 Å². The van der Waals surface area contributed by atoms with E-state index in [2.05, 4.69) is 35.3 Å². The summed E-state index contributed by atoms with van der Waals surface area (Å²) in [4.78, 5) is 2.41. The first kappa shape index (κ1) is 13.4. The molecule has 0 aliphatic carbocycles. The van der Waals surface area contributed by atoms with Gasteiger partial charge in [0.05, 0.1) is 0 Å². The van der Waals surface area contributed by atoms with Crippen LogP contribution in [0.2, 0.25) is 0 Å². The Morgan fingerprint density at radius 2 is 2.12 bits per heavy atom. The molecular formula is C11H22N4S. The molecule has 1 rings (SSSR count). The molecule has 0 radical (unpaired) electrons. The van der Waals surface area contributed by atoms with E-state index in [1.165, 1.54) is 30.8 Å². The van der Waals surface area contributed by atoms with Gasteiger partial charge in [0.2, 0.25) is 0 Å². The molecule has 1 aromatic heterocycles. The van der Waals surface area contributed by atoms with Gasteiger partial charge in [-0.05, 0) is 26.8 Å². The van der Waals surface area contributed by atoms with Crippen LogP contribution in [0.1, 0.15) is 45.7 Å². The molecule has 5 heteroatoms. The molecule has 1 heterocycles. The van der Waals surface area contributed by atoms with Gasteiger partial charge in [-0.2, -0.15) is 0 Å². The van der Waals surface area contributed by atoms with Crippen molar-refractivity contribution in [3.05, 3.63) is 5.69 Å². The summed E-state index contributed by atoms with van der Waals surface area (Å²) >= 11 is 1.28. The predicted molar refractivity (Wildman–Crippen MR) is 69.4 cm³/mol. The number of anilines is 1. The van der Waals surface area contributed by atoms with Crippen LogP contribution in [0.5, 0.6) is 0 Å². The summed E-state index contributed by atoms with van der Waals surface area (Å²) in [5, 5.41) is 4.82. The van der Waals surface area contributed by atoms with E-state index in [9.17, 15) is 0 Å². The highest BCUT2D eigenvalue weighted by Crippen LogP contribution is 2.16. The lowest BCUT2D eigenvalue weighted by molar-refractivity contribution is 0.206. The number of nitrogen functional groups attached to an aromatic ring is 1. The van der Waals surface area contributed by atoms with Gasteiger partial charge in [-0.1, -0.05) is 24.3 Å². The maximum absolute atomic E-state index is 5.81. The second-order valence-electron chi connectivity index (χ2n) is 4.36. The molecule has 0 aromatic carbocycles. The van der Waals surface area contributed by atoms with E-state index in [1.54, 1.807) is 0 Å². The van der Waals surface area contributed by atoms with Gasteiger partial charge in [-0.15, -0.1) is 5.10 Å². The molecule has 0 aliphatic heterocycles. The maximum Gasteiger partial charge on any atom is 0.132 e. The molecule has 0 unspecified atom stereocenters. The van der Waals surface area contributed by atoms with Crippen LogP contribution in [0.15, 0.2) is 0 Å². The van der Waals surface area contributed by atoms with Crippen LogP contribution < -0.4 is 5.73 Å². The smallest absolute Gasteiger partial charge is 0.132 e.